The normalized spacial score (nSPS) is 10.2. The van der Waals surface area contributed by atoms with Gasteiger partial charge in [-0.3, -0.25) is 10.1 Å². The summed E-state index contributed by atoms with van der Waals surface area (Å²) in [7, 11) is 0. The Labute approximate surface area is 119 Å². The van der Waals surface area contributed by atoms with Crippen molar-refractivity contribution >= 4 is 23.4 Å². The van der Waals surface area contributed by atoms with Gasteiger partial charge in [0.05, 0.1) is 10.5 Å². The minimum Gasteiger partial charge on any atom is -0.478 e. The first-order valence-electron chi connectivity index (χ1n) is 5.74. The van der Waals surface area contributed by atoms with Gasteiger partial charge in [-0.1, -0.05) is 23.9 Å². The average Bonchev–Trinajstić information content (AvgIpc) is 2.38. The first-order valence-corrected chi connectivity index (χ1v) is 6.56. The minimum absolute atomic E-state index is 0.0564. The van der Waals surface area contributed by atoms with Crippen molar-refractivity contribution in [3.05, 3.63) is 63.7 Å². The Morgan fingerprint density at radius 3 is 2.55 bits per heavy atom. The molecule has 2 aromatic carbocycles. The Balaban J connectivity index is 2.34. The summed E-state index contributed by atoms with van der Waals surface area (Å²) in [4.78, 5) is 22.8. The molecule has 0 heterocycles. The molecule has 2 rings (SSSR count). The molecule has 0 aliphatic carbocycles. The van der Waals surface area contributed by atoms with Crippen molar-refractivity contribution < 1.29 is 14.8 Å². The number of hydrogen-bond donors (Lipinski definition) is 1. The van der Waals surface area contributed by atoms with Gasteiger partial charge in [-0.2, -0.15) is 0 Å². The van der Waals surface area contributed by atoms with Crippen LogP contribution < -0.4 is 0 Å². The molecular weight excluding hydrogens is 278 g/mol. The van der Waals surface area contributed by atoms with Crippen molar-refractivity contribution in [2.45, 2.75) is 16.7 Å². The maximum atomic E-state index is 11.1. The Morgan fingerprint density at radius 1 is 1.25 bits per heavy atom. The van der Waals surface area contributed by atoms with Crippen LogP contribution in [-0.2, 0) is 0 Å². The number of nitro groups is 1. The van der Waals surface area contributed by atoms with Gasteiger partial charge in [0.15, 0.2) is 0 Å². The van der Waals surface area contributed by atoms with Crippen molar-refractivity contribution in [2.75, 3.05) is 0 Å². The highest BCUT2D eigenvalue weighted by atomic mass is 32.2. The van der Waals surface area contributed by atoms with Gasteiger partial charge in [0, 0.05) is 21.4 Å². The van der Waals surface area contributed by atoms with E-state index < -0.39 is 10.9 Å². The van der Waals surface area contributed by atoms with Crippen LogP contribution in [-0.4, -0.2) is 16.0 Å². The molecule has 0 radical (unpaired) electrons. The van der Waals surface area contributed by atoms with E-state index in [1.54, 1.807) is 37.3 Å². The van der Waals surface area contributed by atoms with Gasteiger partial charge >= 0.3 is 5.97 Å². The molecule has 0 atom stereocenters. The predicted molar refractivity (Wildman–Crippen MR) is 75.4 cm³/mol. The van der Waals surface area contributed by atoms with Crippen LogP contribution in [0.4, 0.5) is 5.69 Å². The van der Waals surface area contributed by atoms with E-state index in [9.17, 15) is 14.9 Å². The fourth-order valence-corrected chi connectivity index (χ4v) is 2.79. The maximum Gasteiger partial charge on any atom is 0.336 e. The zero-order chi connectivity index (χ0) is 14.7. The molecule has 0 aliphatic rings. The van der Waals surface area contributed by atoms with Gasteiger partial charge in [-0.15, -0.1) is 0 Å². The van der Waals surface area contributed by atoms with Crippen molar-refractivity contribution in [1.82, 2.24) is 0 Å². The van der Waals surface area contributed by atoms with E-state index >= 15 is 0 Å². The quantitative estimate of drug-likeness (QED) is 0.684. The summed E-state index contributed by atoms with van der Waals surface area (Å²) < 4.78 is 0. The molecule has 5 nitrogen and oxygen atoms in total. The molecule has 0 amide bonds. The zero-order valence-electron chi connectivity index (χ0n) is 10.6. The minimum atomic E-state index is -0.994. The first kappa shape index (κ1) is 14.1. The Hall–Kier alpha value is -2.34. The number of carboxylic acid groups (broad SMARTS) is 1. The van der Waals surface area contributed by atoms with Gasteiger partial charge in [0.1, 0.15) is 0 Å². The number of benzene rings is 2. The molecule has 0 saturated heterocycles. The number of carbonyl (C=O) groups is 1. The fraction of sp³-hybridized carbons (Fsp3) is 0.0714. The third kappa shape index (κ3) is 2.97. The zero-order valence-corrected chi connectivity index (χ0v) is 11.4. The topological polar surface area (TPSA) is 80.4 Å². The first-order chi connectivity index (χ1) is 9.49. The Bertz CT molecular complexity index is 685. The van der Waals surface area contributed by atoms with Crippen LogP contribution in [0.5, 0.6) is 0 Å². The Kier molecular flexibility index (Phi) is 4.05. The smallest absolute Gasteiger partial charge is 0.336 e. The van der Waals surface area contributed by atoms with Crippen molar-refractivity contribution in [1.29, 1.82) is 0 Å². The van der Waals surface area contributed by atoms with E-state index in [0.29, 0.717) is 10.5 Å². The SMILES string of the molecule is Cc1cc(Sc2ccccc2C(=O)O)ccc1[N+](=O)[O-]. The Morgan fingerprint density at radius 2 is 1.95 bits per heavy atom. The highest BCUT2D eigenvalue weighted by Crippen LogP contribution is 2.33. The van der Waals surface area contributed by atoms with Gasteiger partial charge in [0.2, 0.25) is 0 Å². The van der Waals surface area contributed by atoms with Crippen LogP contribution in [0.2, 0.25) is 0 Å². The molecule has 0 aliphatic heterocycles. The van der Waals surface area contributed by atoms with Crippen molar-refractivity contribution in [2.24, 2.45) is 0 Å². The third-order valence-electron chi connectivity index (χ3n) is 2.71. The van der Waals surface area contributed by atoms with Crippen LogP contribution in [0.25, 0.3) is 0 Å². The van der Waals surface area contributed by atoms with E-state index in [0.717, 1.165) is 4.90 Å². The lowest BCUT2D eigenvalue weighted by Crippen LogP contribution is -1.98. The summed E-state index contributed by atoms with van der Waals surface area (Å²) in [5, 5.41) is 19.9. The molecule has 102 valence electrons. The molecule has 0 unspecified atom stereocenters. The second kappa shape index (κ2) is 5.75. The maximum absolute atomic E-state index is 11.1. The van der Waals surface area contributed by atoms with Crippen LogP contribution in [0.1, 0.15) is 15.9 Å². The molecule has 0 spiro atoms. The van der Waals surface area contributed by atoms with E-state index in [1.165, 1.54) is 23.9 Å². The lowest BCUT2D eigenvalue weighted by Gasteiger charge is -2.06. The van der Waals surface area contributed by atoms with E-state index in [4.69, 9.17) is 5.11 Å². The number of carboxylic acids is 1. The summed E-state index contributed by atoms with van der Waals surface area (Å²) in [5.41, 5.74) is 0.821. The summed E-state index contributed by atoms with van der Waals surface area (Å²) in [6, 6.07) is 11.4. The molecular formula is C14H11NO4S. The van der Waals surface area contributed by atoms with Gasteiger partial charge in [0.25, 0.3) is 5.69 Å². The van der Waals surface area contributed by atoms with E-state index in [-0.39, 0.29) is 11.3 Å². The summed E-state index contributed by atoms with van der Waals surface area (Å²) in [6.45, 7) is 1.66. The molecule has 20 heavy (non-hydrogen) atoms. The van der Waals surface area contributed by atoms with Crippen LogP contribution >= 0.6 is 11.8 Å². The van der Waals surface area contributed by atoms with Gasteiger partial charge in [-0.25, -0.2) is 4.79 Å². The van der Waals surface area contributed by atoms with E-state index in [1.807, 2.05) is 0 Å². The number of rotatable bonds is 4. The monoisotopic (exact) mass is 289 g/mol. The molecule has 1 N–H and O–H groups in total. The third-order valence-corrected chi connectivity index (χ3v) is 3.78. The number of nitrogens with zero attached hydrogens (tertiary/aromatic N) is 1. The summed E-state index contributed by atoms with van der Waals surface area (Å²) >= 11 is 1.27. The molecule has 0 bridgehead atoms. The fourth-order valence-electron chi connectivity index (χ4n) is 1.76. The predicted octanol–water partition coefficient (Wildman–Crippen LogP) is 3.75. The van der Waals surface area contributed by atoms with Crippen molar-refractivity contribution in [3.8, 4) is 0 Å². The highest BCUT2D eigenvalue weighted by molar-refractivity contribution is 7.99. The lowest BCUT2D eigenvalue weighted by atomic mass is 10.2. The van der Waals surface area contributed by atoms with Crippen molar-refractivity contribution in [3.63, 3.8) is 0 Å². The summed E-state index contributed by atoms with van der Waals surface area (Å²) in [5.74, 6) is -0.994. The van der Waals surface area contributed by atoms with Crippen LogP contribution in [0, 0.1) is 17.0 Å². The number of nitro benzene ring substituents is 1. The number of aromatic carboxylic acids is 1. The summed E-state index contributed by atoms with van der Waals surface area (Å²) in [6.07, 6.45) is 0. The van der Waals surface area contributed by atoms with E-state index in [2.05, 4.69) is 0 Å². The molecule has 6 heteroatoms. The van der Waals surface area contributed by atoms with Crippen LogP contribution in [0.15, 0.2) is 52.3 Å². The number of aryl methyl sites for hydroxylation is 1. The molecule has 0 aromatic heterocycles. The number of hydrogen-bond acceptors (Lipinski definition) is 4. The van der Waals surface area contributed by atoms with Crippen LogP contribution in [0.3, 0.4) is 0 Å². The van der Waals surface area contributed by atoms with Gasteiger partial charge < -0.3 is 5.11 Å². The largest absolute Gasteiger partial charge is 0.478 e. The second-order valence-electron chi connectivity index (χ2n) is 4.11. The second-order valence-corrected chi connectivity index (χ2v) is 5.22. The molecule has 0 fully saturated rings. The standard InChI is InChI=1S/C14H11NO4S/c1-9-8-10(6-7-12(9)15(18)19)20-13-5-3-2-4-11(13)14(16)17/h2-8H,1H3,(H,16,17). The lowest BCUT2D eigenvalue weighted by molar-refractivity contribution is -0.385. The molecule has 2 aromatic rings. The van der Waals surface area contributed by atoms with Gasteiger partial charge in [-0.05, 0) is 31.2 Å². The highest BCUT2D eigenvalue weighted by Gasteiger charge is 2.13. The average molecular weight is 289 g/mol. The molecule has 0 saturated carbocycles.